The van der Waals surface area contributed by atoms with Gasteiger partial charge in [-0.25, -0.2) is 4.39 Å². The molecular formula is C20H15FN2O2. The molecule has 0 aliphatic heterocycles. The Balaban J connectivity index is 1.76. The van der Waals surface area contributed by atoms with Gasteiger partial charge in [0.25, 0.3) is 0 Å². The van der Waals surface area contributed by atoms with Crippen molar-refractivity contribution in [2.75, 3.05) is 0 Å². The predicted octanol–water partition coefficient (Wildman–Crippen LogP) is 3.62. The Morgan fingerprint density at radius 1 is 0.960 bits per heavy atom. The summed E-state index contributed by atoms with van der Waals surface area (Å²) < 4.78 is 14.8. The number of nitrogens with zero attached hydrogens (tertiary/aromatic N) is 2. The zero-order valence-electron chi connectivity index (χ0n) is 13.6. The molecule has 4 rings (SSSR count). The first-order valence-electron chi connectivity index (χ1n) is 8.06. The molecule has 1 aromatic heterocycles. The second-order valence-electron chi connectivity index (χ2n) is 6.11. The number of halogens is 1. The number of aryl methyl sites for hydroxylation is 3. The van der Waals surface area contributed by atoms with E-state index in [1.807, 2.05) is 12.1 Å². The minimum absolute atomic E-state index is 0.269. The lowest BCUT2D eigenvalue weighted by Gasteiger charge is -2.16. The number of aromatic nitrogens is 2. The summed E-state index contributed by atoms with van der Waals surface area (Å²) in [6.07, 6.45) is 0.651. The lowest BCUT2D eigenvalue weighted by Crippen LogP contribution is -2.22. The van der Waals surface area contributed by atoms with Crippen LogP contribution in [0, 0.1) is 12.7 Å². The number of Topliss-reactive ketones (excluding diaryl/α,β-unsaturated/α-hetero) is 2. The van der Waals surface area contributed by atoms with E-state index in [2.05, 4.69) is 5.10 Å². The van der Waals surface area contributed by atoms with Crippen molar-refractivity contribution in [2.45, 2.75) is 19.9 Å². The summed E-state index contributed by atoms with van der Waals surface area (Å²) in [4.78, 5) is 24.8. The Kier molecular flexibility index (Phi) is 3.57. The van der Waals surface area contributed by atoms with Gasteiger partial charge in [0.1, 0.15) is 5.82 Å². The Hall–Kier alpha value is -3.08. The normalized spacial score (nSPS) is 12.9. The third-order valence-corrected chi connectivity index (χ3v) is 4.51. The quantitative estimate of drug-likeness (QED) is 0.688. The SMILES string of the molecule is Cc1nn(CCc2ccc(F)cc2)c2c1C(=O)C(=O)c1ccccc1-2. The number of carbonyl (C=O) groups is 2. The third-order valence-electron chi connectivity index (χ3n) is 4.51. The lowest BCUT2D eigenvalue weighted by atomic mass is 9.87. The molecule has 0 fully saturated rings. The first-order chi connectivity index (χ1) is 12.1. The number of rotatable bonds is 3. The third kappa shape index (κ3) is 2.48. The zero-order valence-corrected chi connectivity index (χ0v) is 13.6. The molecule has 1 heterocycles. The van der Waals surface area contributed by atoms with Crippen LogP contribution in [0.3, 0.4) is 0 Å². The van der Waals surface area contributed by atoms with Gasteiger partial charge in [-0.15, -0.1) is 0 Å². The van der Waals surface area contributed by atoms with Gasteiger partial charge in [0, 0.05) is 17.7 Å². The van der Waals surface area contributed by atoms with E-state index in [0.717, 1.165) is 11.1 Å². The molecular weight excluding hydrogens is 319 g/mol. The number of fused-ring (bicyclic) bond motifs is 3. The Bertz CT molecular complexity index is 1000. The number of benzene rings is 2. The van der Waals surface area contributed by atoms with Crippen molar-refractivity contribution >= 4 is 11.6 Å². The minimum atomic E-state index is -0.501. The van der Waals surface area contributed by atoms with E-state index in [1.165, 1.54) is 12.1 Å². The van der Waals surface area contributed by atoms with Crippen molar-refractivity contribution in [2.24, 2.45) is 0 Å². The van der Waals surface area contributed by atoms with Gasteiger partial charge >= 0.3 is 0 Å². The smallest absolute Gasteiger partial charge is 0.237 e. The van der Waals surface area contributed by atoms with Crippen LogP contribution in [0.1, 0.15) is 32.0 Å². The molecule has 1 aliphatic rings. The van der Waals surface area contributed by atoms with Crippen molar-refractivity contribution in [1.29, 1.82) is 0 Å². The summed E-state index contributed by atoms with van der Waals surface area (Å²) >= 11 is 0. The van der Waals surface area contributed by atoms with Crippen LogP contribution in [0.5, 0.6) is 0 Å². The number of hydrogen-bond donors (Lipinski definition) is 0. The molecule has 0 radical (unpaired) electrons. The highest BCUT2D eigenvalue weighted by Crippen LogP contribution is 2.35. The standard InChI is InChI=1S/C20H15FN2O2/c1-12-17-18(15-4-2-3-5-16(15)19(24)20(17)25)23(22-12)11-10-13-6-8-14(21)9-7-13/h2-9H,10-11H2,1H3. The van der Waals surface area contributed by atoms with Gasteiger partial charge in [0.15, 0.2) is 0 Å². The summed E-state index contributed by atoms with van der Waals surface area (Å²) in [6.45, 7) is 2.28. The summed E-state index contributed by atoms with van der Waals surface area (Å²) in [7, 11) is 0. The fraction of sp³-hybridized carbons (Fsp3) is 0.150. The fourth-order valence-corrected chi connectivity index (χ4v) is 3.30. The molecule has 0 atom stereocenters. The molecule has 5 heteroatoms. The summed E-state index contributed by atoms with van der Waals surface area (Å²) in [5, 5.41) is 4.48. The minimum Gasteiger partial charge on any atom is -0.285 e. The molecule has 0 N–H and O–H groups in total. The molecule has 0 saturated carbocycles. The second kappa shape index (κ2) is 5.77. The molecule has 0 amide bonds. The maximum Gasteiger partial charge on any atom is 0.237 e. The summed E-state index contributed by atoms with van der Waals surface area (Å²) in [5.41, 5.74) is 3.78. The molecule has 0 spiro atoms. The van der Waals surface area contributed by atoms with Crippen LogP contribution in [0.25, 0.3) is 11.3 Å². The van der Waals surface area contributed by atoms with Gasteiger partial charge in [0.2, 0.25) is 11.6 Å². The average Bonchev–Trinajstić information content (AvgIpc) is 2.96. The van der Waals surface area contributed by atoms with Crippen LogP contribution >= 0.6 is 0 Å². The topological polar surface area (TPSA) is 52.0 Å². The van der Waals surface area contributed by atoms with E-state index in [9.17, 15) is 14.0 Å². The van der Waals surface area contributed by atoms with Gasteiger partial charge in [-0.3, -0.25) is 14.3 Å². The lowest BCUT2D eigenvalue weighted by molar-refractivity contribution is 0.0815. The Morgan fingerprint density at radius 3 is 2.36 bits per heavy atom. The summed E-state index contributed by atoms with van der Waals surface area (Å²) in [6, 6.07) is 13.4. The van der Waals surface area contributed by atoms with E-state index in [1.54, 1.807) is 35.9 Å². The first-order valence-corrected chi connectivity index (χ1v) is 8.06. The Morgan fingerprint density at radius 2 is 1.64 bits per heavy atom. The van der Waals surface area contributed by atoms with Crippen molar-refractivity contribution < 1.29 is 14.0 Å². The molecule has 0 unspecified atom stereocenters. The maximum absolute atomic E-state index is 13.0. The highest BCUT2D eigenvalue weighted by atomic mass is 19.1. The monoisotopic (exact) mass is 334 g/mol. The largest absolute Gasteiger partial charge is 0.285 e. The van der Waals surface area contributed by atoms with Crippen molar-refractivity contribution in [3.05, 3.63) is 76.7 Å². The van der Waals surface area contributed by atoms with E-state index in [-0.39, 0.29) is 5.82 Å². The van der Waals surface area contributed by atoms with Crippen LogP contribution in [0.4, 0.5) is 4.39 Å². The van der Waals surface area contributed by atoms with E-state index < -0.39 is 11.6 Å². The van der Waals surface area contributed by atoms with Gasteiger partial charge < -0.3 is 0 Å². The molecule has 124 valence electrons. The highest BCUT2D eigenvalue weighted by molar-refractivity contribution is 6.53. The maximum atomic E-state index is 13.0. The molecule has 3 aromatic rings. The predicted molar refractivity (Wildman–Crippen MR) is 91.2 cm³/mol. The van der Waals surface area contributed by atoms with Crippen LogP contribution in [-0.4, -0.2) is 21.3 Å². The van der Waals surface area contributed by atoms with Crippen LogP contribution in [0.15, 0.2) is 48.5 Å². The van der Waals surface area contributed by atoms with Crippen molar-refractivity contribution in [3.63, 3.8) is 0 Å². The second-order valence-corrected chi connectivity index (χ2v) is 6.11. The molecule has 1 aliphatic carbocycles. The van der Waals surface area contributed by atoms with Crippen molar-refractivity contribution in [1.82, 2.24) is 9.78 Å². The van der Waals surface area contributed by atoms with Gasteiger partial charge in [-0.1, -0.05) is 36.4 Å². The molecule has 25 heavy (non-hydrogen) atoms. The number of carbonyl (C=O) groups excluding carboxylic acids is 2. The number of hydrogen-bond acceptors (Lipinski definition) is 3. The van der Waals surface area contributed by atoms with Crippen LogP contribution in [-0.2, 0) is 13.0 Å². The number of ketones is 2. The molecule has 4 nitrogen and oxygen atoms in total. The highest BCUT2D eigenvalue weighted by Gasteiger charge is 2.35. The average molecular weight is 334 g/mol. The van der Waals surface area contributed by atoms with E-state index >= 15 is 0 Å². The van der Waals surface area contributed by atoms with E-state index in [4.69, 9.17) is 0 Å². The van der Waals surface area contributed by atoms with Crippen molar-refractivity contribution in [3.8, 4) is 11.3 Å². The van der Waals surface area contributed by atoms with E-state index in [0.29, 0.717) is 35.5 Å². The van der Waals surface area contributed by atoms with Gasteiger partial charge in [0.05, 0.1) is 17.0 Å². The fourth-order valence-electron chi connectivity index (χ4n) is 3.30. The Labute approximate surface area is 143 Å². The first kappa shape index (κ1) is 15.4. The van der Waals surface area contributed by atoms with Gasteiger partial charge in [-0.2, -0.15) is 5.10 Å². The van der Waals surface area contributed by atoms with Crippen LogP contribution in [0.2, 0.25) is 0 Å². The van der Waals surface area contributed by atoms with Gasteiger partial charge in [-0.05, 0) is 31.0 Å². The molecule has 0 saturated heterocycles. The zero-order chi connectivity index (χ0) is 17.6. The molecule has 0 bridgehead atoms. The summed E-state index contributed by atoms with van der Waals surface area (Å²) in [5.74, 6) is -1.25. The van der Waals surface area contributed by atoms with Crippen LogP contribution < -0.4 is 0 Å². The molecule has 2 aromatic carbocycles.